The van der Waals surface area contributed by atoms with Crippen molar-refractivity contribution in [1.29, 1.82) is 0 Å². The van der Waals surface area contributed by atoms with E-state index < -0.39 is 0 Å². The van der Waals surface area contributed by atoms with E-state index in [-0.39, 0.29) is 5.41 Å². The normalized spacial score (nSPS) is 12.0. The second kappa shape index (κ2) is 5.41. The van der Waals surface area contributed by atoms with Crippen LogP contribution in [0.4, 0.5) is 11.4 Å². The minimum Gasteiger partial charge on any atom is -0.454 e. The van der Waals surface area contributed by atoms with E-state index in [1.54, 1.807) is 0 Å². The zero-order valence-corrected chi connectivity index (χ0v) is 14.3. The van der Waals surface area contributed by atoms with Crippen LogP contribution in [0.25, 0.3) is 21.9 Å². The van der Waals surface area contributed by atoms with Crippen molar-refractivity contribution in [1.82, 2.24) is 0 Å². The van der Waals surface area contributed by atoms with Crippen LogP contribution in [0, 0.1) is 0 Å². The minimum absolute atomic E-state index is 0.164. The van der Waals surface area contributed by atoms with E-state index in [9.17, 15) is 0 Å². The third-order valence-electron chi connectivity index (χ3n) is 4.43. The number of fused-ring (bicyclic) bond motifs is 3. The fourth-order valence-electron chi connectivity index (χ4n) is 3.05. The van der Waals surface area contributed by atoms with Crippen LogP contribution in [0.15, 0.2) is 71.1 Å². The molecule has 0 aliphatic heterocycles. The number of anilines is 2. The fraction of sp³-hybridized carbons (Fsp3) is 0.182. The smallest absolute Gasteiger partial charge is 0.158 e. The van der Waals surface area contributed by atoms with Gasteiger partial charge >= 0.3 is 0 Å². The Bertz CT molecular complexity index is 1000. The maximum Gasteiger partial charge on any atom is 0.158 e. The van der Waals surface area contributed by atoms with Gasteiger partial charge in [-0.1, -0.05) is 63.2 Å². The first-order valence-electron chi connectivity index (χ1n) is 8.30. The molecule has 1 N–H and O–H groups in total. The lowest BCUT2D eigenvalue weighted by atomic mass is 9.87. The maximum absolute atomic E-state index is 6.07. The average Bonchev–Trinajstić information content (AvgIpc) is 2.94. The Morgan fingerprint density at radius 2 is 1.46 bits per heavy atom. The molecule has 0 fully saturated rings. The molecule has 2 heteroatoms. The van der Waals surface area contributed by atoms with E-state index in [4.69, 9.17) is 4.42 Å². The van der Waals surface area contributed by atoms with Gasteiger partial charge in [-0.3, -0.25) is 0 Å². The Balaban J connectivity index is 1.74. The first kappa shape index (κ1) is 14.8. The van der Waals surface area contributed by atoms with Crippen LogP contribution in [-0.4, -0.2) is 0 Å². The van der Waals surface area contributed by atoms with Crippen molar-refractivity contribution < 1.29 is 4.42 Å². The quantitative estimate of drug-likeness (QED) is 0.449. The van der Waals surface area contributed by atoms with Crippen LogP contribution in [0.5, 0.6) is 0 Å². The molecule has 120 valence electrons. The number of nitrogens with one attached hydrogen (secondary N) is 1. The molecule has 0 amide bonds. The van der Waals surface area contributed by atoms with E-state index in [1.165, 1.54) is 5.56 Å². The second-order valence-corrected chi connectivity index (χ2v) is 7.23. The lowest BCUT2D eigenvalue weighted by molar-refractivity contribution is 0.590. The highest BCUT2D eigenvalue weighted by Gasteiger charge is 2.14. The van der Waals surface area contributed by atoms with Crippen molar-refractivity contribution >= 4 is 33.3 Å². The third kappa shape index (κ3) is 2.54. The molecular formula is C22H21NO. The minimum atomic E-state index is 0.164. The molecule has 0 spiro atoms. The molecule has 2 nitrogen and oxygen atoms in total. The summed E-state index contributed by atoms with van der Waals surface area (Å²) >= 11 is 0. The van der Waals surface area contributed by atoms with Gasteiger partial charge in [-0.2, -0.15) is 0 Å². The molecule has 1 heterocycles. The van der Waals surface area contributed by atoms with Crippen molar-refractivity contribution in [2.75, 3.05) is 5.32 Å². The van der Waals surface area contributed by atoms with Crippen LogP contribution < -0.4 is 5.32 Å². The molecule has 0 saturated heterocycles. The first-order valence-corrected chi connectivity index (χ1v) is 8.30. The van der Waals surface area contributed by atoms with Crippen LogP contribution in [0.2, 0.25) is 0 Å². The van der Waals surface area contributed by atoms with Crippen molar-refractivity contribution in [3.8, 4) is 0 Å². The standard InChI is InChI=1S/C22H21NO/c1-22(2,3)15-11-13-16(14-12-15)23-19-9-6-8-18-17-7-4-5-10-20(17)24-21(18)19/h4-14,23H,1-3H3. The van der Waals surface area contributed by atoms with E-state index in [2.05, 4.69) is 74.6 Å². The number of furan rings is 1. The van der Waals surface area contributed by atoms with Crippen LogP contribution in [0.1, 0.15) is 26.3 Å². The van der Waals surface area contributed by atoms with Crippen molar-refractivity contribution in [3.05, 3.63) is 72.3 Å². The van der Waals surface area contributed by atoms with Gasteiger partial charge in [0.1, 0.15) is 5.58 Å². The van der Waals surface area contributed by atoms with Crippen molar-refractivity contribution in [2.45, 2.75) is 26.2 Å². The summed E-state index contributed by atoms with van der Waals surface area (Å²) in [5.41, 5.74) is 5.37. The number of rotatable bonds is 2. The molecule has 0 saturated carbocycles. The molecule has 0 aliphatic carbocycles. The summed E-state index contributed by atoms with van der Waals surface area (Å²) in [5.74, 6) is 0. The number of hydrogen-bond donors (Lipinski definition) is 1. The lowest BCUT2D eigenvalue weighted by Crippen LogP contribution is -2.10. The van der Waals surface area contributed by atoms with Gasteiger partial charge in [0.05, 0.1) is 5.69 Å². The van der Waals surface area contributed by atoms with Crippen molar-refractivity contribution in [3.63, 3.8) is 0 Å². The predicted molar refractivity (Wildman–Crippen MR) is 102 cm³/mol. The van der Waals surface area contributed by atoms with Gasteiger partial charge in [-0.15, -0.1) is 0 Å². The molecule has 0 aliphatic rings. The van der Waals surface area contributed by atoms with Gasteiger partial charge in [-0.25, -0.2) is 0 Å². The molecule has 24 heavy (non-hydrogen) atoms. The molecule has 0 bridgehead atoms. The van der Waals surface area contributed by atoms with Crippen molar-refractivity contribution in [2.24, 2.45) is 0 Å². The molecule has 4 rings (SSSR count). The highest BCUT2D eigenvalue weighted by molar-refractivity contribution is 6.09. The Hall–Kier alpha value is -2.74. The SMILES string of the molecule is CC(C)(C)c1ccc(Nc2cccc3c2oc2ccccc23)cc1. The zero-order chi connectivity index (χ0) is 16.7. The Morgan fingerprint density at radius 3 is 2.21 bits per heavy atom. The Kier molecular flexibility index (Phi) is 3.34. The summed E-state index contributed by atoms with van der Waals surface area (Å²) in [6.07, 6.45) is 0. The summed E-state index contributed by atoms with van der Waals surface area (Å²) in [6.45, 7) is 6.68. The summed E-state index contributed by atoms with van der Waals surface area (Å²) in [4.78, 5) is 0. The maximum atomic E-state index is 6.07. The number of para-hydroxylation sites is 2. The molecule has 3 aromatic carbocycles. The van der Waals surface area contributed by atoms with Gasteiger partial charge in [0.25, 0.3) is 0 Å². The molecule has 0 radical (unpaired) electrons. The van der Waals surface area contributed by atoms with E-state index in [1.807, 2.05) is 18.2 Å². The fourth-order valence-corrected chi connectivity index (χ4v) is 3.05. The number of benzene rings is 3. The van der Waals surface area contributed by atoms with Gasteiger partial charge in [0.2, 0.25) is 0 Å². The molecule has 1 aromatic heterocycles. The predicted octanol–water partition coefficient (Wildman–Crippen LogP) is 6.63. The first-order chi connectivity index (χ1) is 11.5. The average molecular weight is 315 g/mol. The Morgan fingerprint density at radius 1 is 0.750 bits per heavy atom. The van der Waals surface area contributed by atoms with Gasteiger partial charge in [-0.05, 0) is 35.2 Å². The van der Waals surface area contributed by atoms with E-state index in [0.29, 0.717) is 0 Å². The number of hydrogen-bond acceptors (Lipinski definition) is 2. The van der Waals surface area contributed by atoms with Gasteiger partial charge < -0.3 is 9.73 Å². The zero-order valence-electron chi connectivity index (χ0n) is 14.3. The monoisotopic (exact) mass is 315 g/mol. The third-order valence-corrected chi connectivity index (χ3v) is 4.43. The summed E-state index contributed by atoms with van der Waals surface area (Å²) in [5, 5.41) is 5.79. The lowest BCUT2D eigenvalue weighted by Gasteiger charge is -2.19. The second-order valence-electron chi connectivity index (χ2n) is 7.23. The summed E-state index contributed by atoms with van der Waals surface area (Å²) < 4.78 is 6.07. The van der Waals surface area contributed by atoms with Crippen LogP contribution >= 0.6 is 0 Å². The van der Waals surface area contributed by atoms with Gasteiger partial charge in [0.15, 0.2) is 5.58 Å². The summed E-state index contributed by atoms with van der Waals surface area (Å²) in [7, 11) is 0. The molecule has 4 aromatic rings. The topological polar surface area (TPSA) is 25.2 Å². The molecule has 0 unspecified atom stereocenters. The van der Waals surface area contributed by atoms with Crippen LogP contribution in [0.3, 0.4) is 0 Å². The Labute approximate surface area is 142 Å². The van der Waals surface area contributed by atoms with E-state index >= 15 is 0 Å². The summed E-state index contributed by atoms with van der Waals surface area (Å²) in [6, 6.07) is 23.0. The molecule has 0 atom stereocenters. The van der Waals surface area contributed by atoms with Gasteiger partial charge in [0, 0.05) is 16.5 Å². The highest BCUT2D eigenvalue weighted by Crippen LogP contribution is 2.34. The largest absolute Gasteiger partial charge is 0.454 e. The molecular weight excluding hydrogens is 294 g/mol. The van der Waals surface area contributed by atoms with E-state index in [0.717, 1.165) is 33.3 Å². The van der Waals surface area contributed by atoms with Crippen LogP contribution in [-0.2, 0) is 5.41 Å². The highest BCUT2D eigenvalue weighted by atomic mass is 16.3.